The lowest BCUT2D eigenvalue weighted by molar-refractivity contribution is -0.224. The molecule has 1 aromatic carbocycles. The summed E-state index contributed by atoms with van der Waals surface area (Å²) in [6.45, 7) is 2.91. The largest absolute Gasteiger partial charge is 0.372 e. The van der Waals surface area contributed by atoms with Crippen molar-refractivity contribution in [1.82, 2.24) is 0 Å². The average Bonchev–Trinajstić information content (AvgIpc) is 2.11. The second-order valence-corrected chi connectivity index (χ2v) is 4.89. The van der Waals surface area contributed by atoms with Gasteiger partial charge in [-0.3, -0.25) is 0 Å². The molecule has 101 valence electrons. The molecule has 1 rings (SSSR count). The zero-order chi connectivity index (χ0) is 14.4. The number of benzene rings is 1. The van der Waals surface area contributed by atoms with Crippen LogP contribution >= 0.6 is 23.2 Å². The first-order valence-corrected chi connectivity index (χ1v) is 5.52. The summed E-state index contributed by atoms with van der Waals surface area (Å²) in [6.07, 6.45) is 0. The Bertz CT molecular complexity index is 417. The number of aryl methyl sites for hydroxylation is 2. The number of halogens is 6. The SMILES string of the molecule is Cc1[c]c(C)cc(C(O)(C(F)(F)Cl)C(F)(F)Cl)c1. The van der Waals surface area contributed by atoms with Crippen LogP contribution in [0, 0.1) is 19.9 Å². The molecular formula is C11H9Cl2F4O. The Morgan fingerprint density at radius 1 is 1.00 bits per heavy atom. The molecule has 1 N–H and O–H groups in total. The predicted molar refractivity (Wildman–Crippen MR) is 60.2 cm³/mol. The van der Waals surface area contributed by atoms with Gasteiger partial charge in [-0.05, 0) is 59.8 Å². The molecule has 0 aliphatic carbocycles. The van der Waals surface area contributed by atoms with E-state index in [1.807, 2.05) is 0 Å². The van der Waals surface area contributed by atoms with Gasteiger partial charge in [0.25, 0.3) is 0 Å². The van der Waals surface area contributed by atoms with E-state index in [-0.39, 0.29) is 0 Å². The Labute approximate surface area is 111 Å². The van der Waals surface area contributed by atoms with Crippen LogP contribution in [0.25, 0.3) is 0 Å². The maximum absolute atomic E-state index is 13.2. The fraction of sp³-hybridized carbons (Fsp3) is 0.455. The standard InChI is InChI=1S/C11H9Cl2F4O/c1-6-3-7(2)5-8(4-6)9(18,10(12,14)15)11(13,16)17/h4-5,18H,1-2H3. The Kier molecular flexibility index (Phi) is 3.92. The molecule has 0 saturated carbocycles. The van der Waals surface area contributed by atoms with Crippen molar-refractivity contribution in [2.24, 2.45) is 0 Å². The second kappa shape index (κ2) is 4.54. The zero-order valence-corrected chi connectivity index (χ0v) is 10.9. The van der Waals surface area contributed by atoms with Crippen LogP contribution in [0.1, 0.15) is 16.7 Å². The molecule has 0 spiro atoms. The molecule has 1 aromatic rings. The van der Waals surface area contributed by atoms with Crippen LogP contribution in [0.2, 0.25) is 0 Å². The zero-order valence-electron chi connectivity index (χ0n) is 9.37. The number of hydrogen-bond acceptors (Lipinski definition) is 1. The lowest BCUT2D eigenvalue weighted by atomic mass is 9.91. The highest BCUT2D eigenvalue weighted by Gasteiger charge is 2.68. The van der Waals surface area contributed by atoms with Gasteiger partial charge >= 0.3 is 10.8 Å². The minimum absolute atomic E-state index is 0.297. The summed E-state index contributed by atoms with van der Waals surface area (Å²) in [6, 6.07) is 4.56. The van der Waals surface area contributed by atoms with Gasteiger partial charge in [0.1, 0.15) is 0 Å². The minimum Gasteiger partial charge on any atom is -0.372 e. The molecule has 0 aromatic heterocycles. The number of rotatable bonds is 3. The molecule has 0 bridgehead atoms. The third-order valence-corrected chi connectivity index (χ3v) is 2.92. The normalized spacial score (nSPS) is 13.8. The van der Waals surface area contributed by atoms with Crippen molar-refractivity contribution in [3.05, 3.63) is 34.9 Å². The van der Waals surface area contributed by atoms with Crippen LogP contribution in [0.3, 0.4) is 0 Å². The Morgan fingerprint density at radius 2 is 1.33 bits per heavy atom. The number of alkyl halides is 6. The molecule has 0 aliphatic rings. The molecule has 1 radical (unpaired) electrons. The van der Waals surface area contributed by atoms with Crippen molar-refractivity contribution in [3.63, 3.8) is 0 Å². The van der Waals surface area contributed by atoms with Gasteiger partial charge in [0.2, 0.25) is 5.60 Å². The van der Waals surface area contributed by atoms with Crippen LogP contribution < -0.4 is 0 Å². The van der Waals surface area contributed by atoms with E-state index in [0.29, 0.717) is 11.1 Å². The molecule has 0 unspecified atom stereocenters. The van der Waals surface area contributed by atoms with Gasteiger partial charge < -0.3 is 5.11 Å². The average molecular weight is 304 g/mol. The van der Waals surface area contributed by atoms with Crippen molar-refractivity contribution in [2.45, 2.75) is 30.2 Å². The van der Waals surface area contributed by atoms with Crippen molar-refractivity contribution in [1.29, 1.82) is 0 Å². The van der Waals surface area contributed by atoms with Crippen molar-refractivity contribution in [3.8, 4) is 0 Å². The quantitative estimate of drug-likeness (QED) is 0.662. The van der Waals surface area contributed by atoms with Crippen LogP contribution in [-0.2, 0) is 5.60 Å². The van der Waals surface area contributed by atoms with Gasteiger partial charge in [0, 0.05) is 0 Å². The van der Waals surface area contributed by atoms with E-state index in [0.717, 1.165) is 12.1 Å². The minimum atomic E-state index is -4.64. The van der Waals surface area contributed by atoms with Crippen molar-refractivity contribution < 1.29 is 22.7 Å². The summed E-state index contributed by atoms with van der Waals surface area (Å²) in [4.78, 5) is 0. The molecule has 7 heteroatoms. The molecule has 0 aliphatic heterocycles. The summed E-state index contributed by atoms with van der Waals surface area (Å²) < 4.78 is 52.6. The fourth-order valence-electron chi connectivity index (χ4n) is 1.59. The van der Waals surface area contributed by atoms with E-state index in [2.05, 4.69) is 29.3 Å². The molecule has 18 heavy (non-hydrogen) atoms. The number of aliphatic hydroxyl groups is 1. The third kappa shape index (κ3) is 2.58. The predicted octanol–water partition coefficient (Wildman–Crippen LogP) is 3.95. The lowest BCUT2D eigenvalue weighted by Crippen LogP contribution is -2.52. The third-order valence-electron chi connectivity index (χ3n) is 2.38. The fourth-order valence-corrected chi connectivity index (χ4v) is 2.09. The van der Waals surface area contributed by atoms with Gasteiger partial charge in [-0.25, -0.2) is 0 Å². The molecule has 0 fully saturated rings. The summed E-state index contributed by atoms with van der Waals surface area (Å²) in [7, 11) is 0. The van der Waals surface area contributed by atoms with E-state index in [9.17, 15) is 22.7 Å². The van der Waals surface area contributed by atoms with E-state index in [1.54, 1.807) is 0 Å². The van der Waals surface area contributed by atoms with Gasteiger partial charge in [0.05, 0.1) is 0 Å². The van der Waals surface area contributed by atoms with E-state index >= 15 is 0 Å². The van der Waals surface area contributed by atoms with E-state index in [1.165, 1.54) is 13.8 Å². The molecule has 0 amide bonds. The monoisotopic (exact) mass is 303 g/mol. The van der Waals surface area contributed by atoms with Crippen LogP contribution in [-0.4, -0.2) is 15.9 Å². The van der Waals surface area contributed by atoms with Gasteiger partial charge in [0.15, 0.2) is 0 Å². The van der Waals surface area contributed by atoms with Crippen LogP contribution in [0.4, 0.5) is 17.6 Å². The Morgan fingerprint density at radius 3 is 1.61 bits per heavy atom. The topological polar surface area (TPSA) is 20.2 Å². The van der Waals surface area contributed by atoms with E-state index < -0.39 is 21.9 Å². The van der Waals surface area contributed by atoms with Crippen LogP contribution in [0.5, 0.6) is 0 Å². The molecular weight excluding hydrogens is 295 g/mol. The van der Waals surface area contributed by atoms with Crippen molar-refractivity contribution in [2.75, 3.05) is 0 Å². The summed E-state index contributed by atoms with van der Waals surface area (Å²) in [5.41, 5.74) is -4.18. The first-order chi connectivity index (χ1) is 7.89. The summed E-state index contributed by atoms with van der Waals surface area (Å²) in [5, 5.41) is 0.346. The van der Waals surface area contributed by atoms with Crippen LogP contribution in [0.15, 0.2) is 12.1 Å². The van der Waals surface area contributed by atoms with Crippen molar-refractivity contribution >= 4 is 23.2 Å². The van der Waals surface area contributed by atoms with Gasteiger partial charge in [-0.1, -0.05) is 12.1 Å². The maximum Gasteiger partial charge on any atom is 0.361 e. The van der Waals surface area contributed by atoms with E-state index in [4.69, 9.17) is 0 Å². The van der Waals surface area contributed by atoms with Gasteiger partial charge in [-0.15, -0.1) is 0 Å². The van der Waals surface area contributed by atoms with Gasteiger partial charge in [-0.2, -0.15) is 17.6 Å². The molecule has 0 heterocycles. The maximum atomic E-state index is 13.2. The Hall–Kier alpha value is -0.520. The molecule has 0 atom stereocenters. The first kappa shape index (κ1) is 15.5. The second-order valence-electron chi connectivity index (χ2n) is 3.94. The Balaban J connectivity index is 3.55. The molecule has 1 nitrogen and oxygen atoms in total. The highest BCUT2D eigenvalue weighted by molar-refractivity contribution is 6.26. The first-order valence-electron chi connectivity index (χ1n) is 4.76. The molecule has 0 saturated heterocycles. The number of hydrogen-bond donors (Lipinski definition) is 1. The highest BCUT2D eigenvalue weighted by atomic mass is 35.5. The smallest absolute Gasteiger partial charge is 0.361 e. The summed E-state index contributed by atoms with van der Waals surface area (Å²) >= 11 is 9.21. The lowest BCUT2D eigenvalue weighted by Gasteiger charge is -2.35. The summed E-state index contributed by atoms with van der Waals surface area (Å²) in [5.74, 6) is 0. The highest BCUT2D eigenvalue weighted by Crippen LogP contribution is 2.52.